The largest absolute Gasteiger partial charge is 0.476 e. The third-order valence-corrected chi connectivity index (χ3v) is 4.29. The summed E-state index contributed by atoms with van der Waals surface area (Å²) in [5, 5.41) is 12.3. The number of hydrogen-bond donors (Lipinski definition) is 2. The molecule has 0 saturated carbocycles. The van der Waals surface area contributed by atoms with Crippen molar-refractivity contribution in [3.05, 3.63) is 53.9 Å². The zero-order valence-corrected chi connectivity index (χ0v) is 15.3. The summed E-state index contributed by atoms with van der Waals surface area (Å²) in [4.78, 5) is 15.0. The maximum Gasteiger partial charge on any atom is 0.433 e. The highest BCUT2D eigenvalue weighted by atomic mass is 19.4. The summed E-state index contributed by atoms with van der Waals surface area (Å²) in [5.41, 5.74) is 4.15. The first-order chi connectivity index (χ1) is 13.8. The number of benzene rings is 1. The van der Waals surface area contributed by atoms with Gasteiger partial charge in [-0.15, -0.1) is 0 Å². The number of carboxylic acid groups (broad SMARTS) is 1. The molecule has 10 heteroatoms. The Morgan fingerprint density at radius 3 is 2.52 bits per heavy atom. The molecule has 0 bridgehead atoms. The highest BCUT2D eigenvalue weighted by Gasteiger charge is 2.35. The minimum absolute atomic E-state index is 0.0947. The minimum atomic E-state index is -4.69. The van der Waals surface area contributed by atoms with Gasteiger partial charge < -0.3 is 15.6 Å². The van der Waals surface area contributed by atoms with Gasteiger partial charge in [-0.3, -0.25) is 0 Å². The molecule has 1 atom stereocenters. The van der Waals surface area contributed by atoms with Crippen molar-refractivity contribution in [3.8, 4) is 11.3 Å². The standard InChI is InChI=1S/C14H8F3N3O2.C5H11NO/c15-14(16,17)11-6-9(8-4-2-1-3-5-8)18-12-7-10(13(21)22)19-20(11)12;6-4-5-2-1-3-7-5/h1-7H,(H,21,22);5H,1-4,6H2. The molecule has 1 aliphatic rings. The number of carboxylic acids is 1. The van der Waals surface area contributed by atoms with Crippen molar-refractivity contribution in [3.63, 3.8) is 0 Å². The van der Waals surface area contributed by atoms with Crippen LogP contribution in [-0.2, 0) is 10.9 Å². The maximum absolute atomic E-state index is 13.2. The lowest BCUT2D eigenvalue weighted by Crippen LogP contribution is -2.17. The Kier molecular flexibility index (Phi) is 6.14. The predicted molar refractivity (Wildman–Crippen MR) is 98.4 cm³/mol. The molecule has 1 fully saturated rings. The summed E-state index contributed by atoms with van der Waals surface area (Å²) in [5.74, 6) is -1.42. The van der Waals surface area contributed by atoms with Gasteiger partial charge in [0.2, 0.25) is 0 Å². The van der Waals surface area contributed by atoms with Crippen LogP contribution >= 0.6 is 0 Å². The van der Waals surface area contributed by atoms with E-state index in [1.807, 2.05) is 0 Å². The van der Waals surface area contributed by atoms with Crippen LogP contribution in [0, 0.1) is 0 Å². The van der Waals surface area contributed by atoms with Crippen molar-refractivity contribution in [2.75, 3.05) is 13.2 Å². The molecule has 0 aliphatic carbocycles. The van der Waals surface area contributed by atoms with E-state index < -0.39 is 23.5 Å². The normalized spacial score (nSPS) is 16.5. The number of ether oxygens (including phenoxy) is 1. The monoisotopic (exact) mass is 408 g/mol. The quantitative estimate of drug-likeness (QED) is 0.690. The molecule has 3 N–H and O–H groups in total. The molecule has 3 heterocycles. The highest BCUT2D eigenvalue weighted by Crippen LogP contribution is 2.32. The van der Waals surface area contributed by atoms with Gasteiger partial charge in [0.15, 0.2) is 17.0 Å². The summed E-state index contributed by atoms with van der Waals surface area (Å²) < 4.78 is 45.2. The second-order valence-corrected chi connectivity index (χ2v) is 6.37. The van der Waals surface area contributed by atoms with E-state index in [4.69, 9.17) is 15.6 Å². The van der Waals surface area contributed by atoms with E-state index in [2.05, 4.69) is 10.1 Å². The van der Waals surface area contributed by atoms with Crippen LogP contribution in [0.5, 0.6) is 0 Å². The summed E-state index contributed by atoms with van der Waals surface area (Å²) in [7, 11) is 0. The lowest BCUT2D eigenvalue weighted by molar-refractivity contribution is -0.142. The Bertz CT molecular complexity index is 984. The molecule has 1 unspecified atom stereocenters. The molecule has 0 spiro atoms. The van der Waals surface area contributed by atoms with Crippen LogP contribution in [0.4, 0.5) is 13.2 Å². The van der Waals surface area contributed by atoms with E-state index in [-0.39, 0.29) is 11.3 Å². The zero-order chi connectivity index (χ0) is 21.0. The number of halogens is 3. The Balaban J connectivity index is 0.000000290. The second-order valence-electron chi connectivity index (χ2n) is 6.37. The van der Waals surface area contributed by atoms with Crippen LogP contribution < -0.4 is 5.73 Å². The molecular weight excluding hydrogens is 389 g/mol. The van der Waals surface area contributed by atoms with Crippen LogP contribution in [0.25, 0.3) is 16.9 Å². The van der Waals surface area contributed by atoms with Crippen molar-refractivity contribution >= 4 is 11.6 Å². The summed E-state index contributed by atoms with van der Waals surface area (Å²) in [6.45, 7) is 1.61. The number of alkyl halides is 3. The number of carbonyl (C=O) groups is 1. The van der Waals surface area contributed by atoms with Gasteiger partial charge in [0, 0.05) is 24.8 Å². The van der Waals surface area contributed by atoms with Crippen molar-refractivity contribution in [2.45, 2.75) is 25.1 Å². The first kappa shape index (κ1) is 20.7. The van der Waals surface area contributed by atoms with Crippen molar-refractivity contribution in [1.82, 2.24) is 14.6 Å². The van der Waals surface area contributed by atoms with Crippen molar-refractivity contribution < 1.29 is 27.8 Å². The molecule has 2 aromatic heterocycles. The number of aromatic carboxylic acids is 1. The molecule has 4 rings (SSSR count). The fourth-order valence-corrected chi connectivity index (χ4v) is 2.87. The fraction of sp³-hybridized carbons (Fsp3) is 0.316. The average molecular weight is 408 g/mol. The van der Waals surface area contributed by atoms with E-state index in [0.29, 0.717) is 22.7 Å². The summed E-state index contributed by atoms with van der Waals surface area (Å²) >= 11 is 0. The van der Waals surface area contributed by atoms with Crippen LogP contribution in [-0.4, -0.2) is 44.9 Å². The Hall–Kier alpha value is -2.98. The van der Waals surface area contributed by atoms with Gasteiger partial charge >= 0.3 is 12.1 Å². The number of nitrogens with two attached hydrogens (primary N) is 1. The van der Waals surface area contributed by atoms with Gasteiger partial charge in [0.1, 0.15) is 0 Å². The molecular formula is C19H19F3N4O3. The van der Waals surface area contributed by atoms with Crippen molar-refractivity contribution in [1.29, 1.82) is 0 Å². The lowest BCUT2D eigenvalue weighted by Gasteiger charge is -2.10. The first-order valence-electron chi connectivity index (χ1n) is 8.88. The van der Waals surface area contributed by atoms with Gasteiger partial charge in [-0.05, 0) is 18.9 Å². The average Bonchev–Trinajstić information content (AvgIpc) is 3.37. The topological polar surface area (TPSA) is 103 Å². The molecule has 1 aliphatic heterocycles. The third-order valence-electron chi connectivity index (χ3n) is 4.29. The van der Waals surface area contributed by atoms with E-state index in [1.54, 1.807) is 30.3 Å². The second kappa shape index (κ2) is 8.58. The lowest BCUT2D eigenvalue weighted by atomic mass is 10.1. The molecule has 0 radical (unpaired) electrons. The first-order valence-corrected chi connectivity index (χ1v) is 8.88. The summed E-state index contributed by atoms with van der Waals surface area (Å²) in [6.07, 6.45) is -1.95. The zero-order valence-electron chi connectivity index (χ0n) is 15.3. The van der Waals surface area contributed by atoms with Crippen LogP contribution in [0.3, 0.4) is 0 Å². The minimum Gasteiger partial charge on any atom is -0.476 e. The third kappa shape index (κ3) is 4.90. The SMILES string of the molecule is NCC1CCCO1.O=C(O)c1cc2nc(-c3ccccc3)cc(C(F)(F)F)n2n1. The van der Waals surface area contributed by atoms with Crippen LogP contribution in [0.1, 0.15) is 29.0 Å². The van der Waals surface area contributed by atoms with Gasteiger partial charge in [-0.1, -0.05) is 30.3 Å². The molecule has 7 nitrogen and oxygen atoms in total. The van der Waals surface area contributed by atoms with Crippen LogP contribution in [0.15, 0.2) is 42.5 Å². The van der Waals surface area contributed by atoms with Crippen LogP contribution in [0.2, 0.25) is 0 Å². The van der Waals surface area contributed by atoms with Gasteiger partial charge in [0.05, 0.1) is 11.8 Å². The molecule has 29 heavy (non-hydrogen) atoms. The van der Waals surface area contributed by atoms with E-state index >= 15 is 0 Å². The van der Waals surface area contributed by atoms with E-state index in [1.165, 1.54) is 6.42 Å². The molecule has 1 aromatic carbocycles. The number of nitrogens with zero attached hydrogens (tertiary/aromatic N) is 3. The van der Waals surface area contributed by atoms with Gasteiger partial charge in [-0.25, -0.2) is 14.3 Å². The molecule has 154 valence electrons. The Morgan fingerprint density at radius 1 is 1.28 bits per heavy atom. The summed E-state index contributed by atoms with van der Waals surface area (Å²) in [6, 6.07) is 10.2. The number of rotatable bonds is 3. The molecule has 3 aromatic rings. The smallest absolute Gasteiger partial charge is 0.433 e. The van der Waals surface area contributed by atoms with Gasteiger partial charge in [0.25, 0.3) is 0 Å². The Morgan fingerprint density at radius 2 is 2.00 bits per heavy atom. The Labute approximate surface area is 163 Å². The molecule has 1 saturated heterocycles. The van der Waals surface area contributed by atoms with E-state index in [0.717, 1.165) is 25.2 Å². The number of fused-ring (bicyclic) bond motifs is 1. The number of aromatic nitrogens is 3. The van der Waals surface area contributed by atoms with E-state index in [9.17, 15) is 18.0 Å². The van der Waals surface area contributed by atoms with Crippen molar-refractivity contribution in [2.24, 2.45) is 5.73 Å². The number of hydrogen-bond acceptors (Lipinski definition) is 5. The fourth-order valence-electron chi connectivity index (χ4n) is 2.87. The predicted octanol–water partition coefficient (Wildman–Crippen LogP) is 3.24. The highest BCUT2D eigenvalue weighted by molar-refractivity contribution is 5.86. The molecule has 0 amide bonds. The maximum atomic E-state index is 13.2. The van der Waals surface area contributed by atoms with Gasteiger partial charge in [-0.2, -0.15) is 18.3 Å².